The fraction of sp³-hybridized carbons (Fsp3) is 0.822. The standard InChI is InChI=1S/C73H132O6/c1-4-7-10-13-16-19-22-25-27-29-31-33-35-36-38-39-41-43-45-48-51-54-57-60-63-66-72(75)78-69-70(68-77-71(74)65-62-59-56-53-50-47-24-21-18-15-12-9-6-3)79-73(76)67-64-61-58-55-52-49-46-44-42-40-37-34-32-30-28-26-23-20-17-14-11-8-5-2/h7,10,16,19,25,27,31,33,36,38,70H,4-6,8-9,11-15,17-18,20-24,26,28-30,32,34-35,37,39-69H2,1-3H3/b10-7-,19-16-,27-25-,33-31-,38-36-. The summed E-state index contributed by atoms with van der Waals surface area (Å²) in [6, 6.07) is 0. The molecule has 0 aliphatic heterocycles. The SMILES string of the molecule is CC/C=C\C/C=C\C/C=C\C/C=C\C/C=C\CCCCCCCCCCCC(=O)OCC(COC(=O)CCCCCCCCCCCCCCC)OC(=O)CCCCCCCCCCCCCCCCCCCCCCCCC. The van der Waals surface area contributed by atoms with Crippen LogP contribution in [0, 0.1) is 0 Å². The van der Waals surface area contributed by atoms with Crippen molar-refractivity contribution in [2.24, 2.45) is 0 Å². The maximum atomic E-state index is 13.0. The van der Waals surface area contributed by atoms with Crippen molar-refractivity contribution in [1.82, 2.24) is 0 Å². The molecule has 0 N–H and O–H groups in total. The van der Waals surface area contributed by atoms with Crippen LogP contribution < -0.4 is 0 Å². The molecule has 0 radical (unpaired) electrons. The van der Waals surface area contributed by atoms with E-state index in [4.69, 9.17) is 14.2 Å². The fourth-order valence-electron chi connectivity index (χ4n) is 10.4. The van der Waals surface area contributed by atoms with E-state index in [1.165, 1.54) is 231 Å². The summed E-state index contributed by atoms with van der Waals surface area (Å²) in [6.45, 7) is 6.59. The van der Waals surface area contributed by atoms with Gasteiger partial charge in [-0.2, -0.15) is 0 Å². The van der Waals surface area contributed by atoms with Gasteiger partial charge < -0.3 is 14.2 Å². The summed E-state index contributed by atoms with van der Waals surface area (Å²) in [5, 5.41) is 0. The molecule has 1 atom stereocenters. The fourth-order valence-corrected chi connectivity index (χ4v) is 10.4. The third-order valence-electron chi connectivity index (χ3n) is 15.5. The summed E-state index contributed by atoms with van der Waals surface area (Å²) in [7, 11) is 0. The van der Waals surface area contributed by atoms with Gasteiger partial charge in [0.15, 0.2) is 6.10 Å². The van der Waals surface area contributed by atoms with E-state index in [1.807, 2.05) is 0 Å². The Hall–Kier alpha value is -2.89. The number of unbranched alkanes of at least 4 members (excludes halogenated alkanes) is 43. The first-order chi connectivity index (χ1) is 39.0. The van der Waals surface area contributed by atoms with Crippen LogP contribution in [-0.4, -0.2) is 37.2 Å². The van der Waals surface area contributed by atoms with E-state index in [0.29, 0.717) is 19.3 Å². The maximum Gasteiger partial charge on any atom is 0.306 e. The summed E-state index contributed by atoms with van der Waals surface area (Å²) < 4.78 is 17.0. The number of hydrogen-bond acceptors (Lipinski definition) is 6. The molecule has 0 aromatic rings. The lowest BCUT2D eigenvalue weighted by Crippen LogP contribution is -2.30. The molecule has 0 rings (SSSR count). The number of allylic oxidation sites excluding steroid dienone is 10. The molecule has 0 amide bonds. The summed E-state index contributed by atoms with van der Waals surface area (Å²) in [5.41, 5.74) is 0. The van der Waals surface area contributed by atoms with E-state index in [-0.39, 0.29) is 31.1 Å². The van der Waals surface area contributed by atoms with Crippen LogP contribution in [0.5, 0.6) is 0 Å². The van der Waals surface area contributed by atoms with Gasteiger partial charge in [0.25, 0.3) is 0 Å². The predicted octanol–water partition coefficient (Wildman–Crippen LogP) is 23.9. The Morgan fingerprint density at radius 3 is 0.772 bits per heavy atom. The van der Waals surface area contributed by atoms with Gasteiger partial charge in [0.1, 0.15) is 13.2 Å². The van der Waals surface area contributed by atoms with Crippen molar-refractivity contribution in [3.63, 3.8) is 0 Å². The molecule has 0 aromatic carbocycles. The highest BCUT2D eigenvalue weighted by molar-refractivity contribution is 5.71. The van der Waals surface area contributed by atoms with E-state index in [2.05, 4.69) is 81.5 Å². The minimum atomic E-state index is -0.774. The first-order valence-electron chi connectivity index (χ1n) is 34.8. The number of esters is 3. The molecule has 0 fully saturated rings. The molecule has 6 nitrogen and oxygen atoms in total. The van der Waals surface area contributed by atoms with Crippen LogP contribution in [0.3, 0.4) is 0 Å². The number of ether oxygens (including phenoxy) is 3. The topological polar surface area (TPSA) is 78.9 Å². The van der Waals surface area contributed by atoms with E-state index < -0.39 is 6.10 Å². The average molecular weight is 1110 g/mol. The lowest BCUT2D eigenvalue weighted by Gasteiger charge is -2.18. The van der Waals surface area contributed by atoms with Crippen LogP contribution in [-0.2, 0) is 28.6 Å². The van der Waals surface area contributed by atoms with Gasteiger partial charge in [-0.3, -0.25) is 14.4 Å². The molecule has 0 aliphatic rings. The Labute approximate surface area is 491 Å². The second-order valence-corrected chi connectivity index (χ2v) is 23.4. The first kappa shape index (κ1) is 76.1. The van der Waals surface area contributed by atoms with Gasteiger partial charge in [-0.25, -0.2) is 0 Å². The third kappa shape index (κ3) is 65.8. The summed E-state index contributed by atoms with van der Waals surface area (Å²) in [6.07, 6.45) is 86.7. The van der Waals surface area contributed by atoms with Crippen molar-refractivity contribution in [2.45, 2.75) is 374 Å². The minimum Gasteiger partial charge on any atom is -0.462 e. The zero-order valence-electron chi connectivity index (χ0n) is 52.9. The van der Waals surface area contributed by atoms with Gasteiger partial charge in [-0.1, -0.05) is 345 Å². The number of hydrogen-bond donors (Lipinski definition) is 0. The summed E-state index contributed by atoms with van der Waals surface area (Å²) in [5.74, 6) is -0.851. The van der Waals surface area contributed by atoms with Crippen molar-refractivity contribution in [1.29, 1.82) is 0 Å². The molecule has 0 saturated carbocycles. The molecule has 0 spiro atoms. The molecule has 6 heteroatoms. The lowest BCUT2D eigenvalue weighted by molar-refractivity contribution is -0.167. The molecule has 0 aromatic heterocycles. The van der Waals surface area contributed by atoms with Crippen molar-refractivity contribution in [3.8, 4) is 0 Å². The smallest absolute Gasteiger partial charge is 0.306 e. The molecule has 0 aliphatic carbocycles. The van der Waals surface area contributed by atoms with Gasteiger partial charge in [0.2, 0.25) is 0 Å². The molecular formula is C73H132O6. The Morgan fingerprint density at radius 2 is 0.494 bits per heavy atom. The quantitative estimate of drug-likeness (QED) is 0.0261. The Balaban J connectivity index is 4.27. The molecule has 1 unspecified atom stereocenters. The van der Waals surface area contributed by atoms with Gasteiger partial charge in [-0.05, 0) is 64.2 Å². The van der Waals surface area contributed by atoms with E-state index in [9.17, 15) is 14.4 Å². The van der Waals surface area contributed by atoms with Crippen molar-refractivity contribution >= 4 is 17.9 Å². The molecule has 460 valence electrons. The maximum absolute atomic E-state index is 13.0. The molecule has 79 heavy (non-hydrogen) atoms. The van der Waals surface area contributed by atoms with Crippen LogP contribution in [0.1, 0.15) is 367 Å². The van der Waals surface area contributed by atoms with E-state index in [0.717, 1.165) is 96.3 Å². The number of carbonyl (C=O) groups is 3. The Kier molecular flexibility index (Phi) is 65.1. The second kappa shape index (κ2) is 67.6. The average Bonchev–Trinajstić information content (AvgIpc) is 3.45. The molecule has 0 heterocycles. The van der Waals surface area contributed by atoms with E-state index >= 15 is 0 Å². The highest BCUT2D eigenvalue weighted by Gasteiger charge is 2.19. The zero-order chi connectivity index (χ0) is 57.1. The minimum absolute atomic E-state index is 0.0704. The van der Waals surface area contributed by atoms with Crippen LogP contribution in [0.4, 0.5) is 0 Å². The first-order valence-corrected chi connectivity index (χ1v) is 34.8. The largest absolute Gasteiger partial charge is 0.462 e. The van der Waals surface area contributed by atoms with Gasteiger partial charge in [0.05, 0.1) is 0 Å². The highest BCUT2D eigenvalue weighted by Crippen LogP contribution is 2.18. The normalized spacial score (nSPS) is 12.4. The van der Waals surface area contributed by atoms with Gasteiger partial charge >= 0.3 is 17.9 Å². The van der Waals surface area contributed by atoms with Crippen LogP contribution >= 0.6 is 0 Å². The van der Waals surface area contributed by atoms with E-state index in [1.54, 1.807) is 0 Å². The summed E-state index contributed by atoms with van der Waals surface area (Å²) >= 11 is 0. The van der Waals surface area contributed by atoms with Crippen molar-refractivity contribution in [2.75, 3.05) is 13.2 Å². The lowest BCUT2D eigenvalue weighted by atomic mass is 10.0. The third-order valence-corrected chi connectivity index (χ3v) is 15.5. The molecule has 0 bridgehead atoms. The second-order valence-electron chi connectivity index (χ2n) is 23.4. The predicted molar refractivity (Wildman–Crippen MR) is 344 cm³/mol. The summed E-state index contributed by atoms with van der Waals surface area (Å²) in [4.78, 5) is 38.4. The zero-order valence-corrected chi connectivity index (χ0v) is 52.9. The molecule has 0 saturated heterocycles. The number of carbonyl (C=O) groups excluding carboxylic acids is 3. The highest BCUT2D eigenvalue weighted by atomic mass is 16.6. The van der Waals surface area contributed by atoms with Gasteiger partial charge in [0, 0.05) is 19.3 Å². The van der Waals surface area contributed by atoms with Crippen molar-refractivity contribution in [3.05, 3.63) is 60.8 Å². The van der Waals surface area contributed by atoms with Crippen molar-refractivity contribution < 1.29 is 28.6 Å². The van der Waals surface area contributed by atoms with Crippen LogP contribution in [0.15, 0.2) is 60.8 Å². The van der Waals surface area contributed by atoms with Crippen LogP contribution in [0.25, 0.3) is 0 Å². The number of rotatable bonds is 64. The molecular weight excluding hydrogens is 973 g/mol. The van der Waals surface area contributed by atoms with Crippen LogP contribution in [0.2, 0.25) is 0 Å². The Bertz CT molecular complexity index is 1410. The monoisotopic (exact) mass is 1110 g/mol. The Morgan fingerprint density at radius 1 is 0.266 bits per heavy atom. The van der Waals surface area contributed by atoms with Gasteiger partial charge in [-0.15, -0.1) is 0 Å².